The van der Waals surface area contributed by atoms with E-state index in [1.165, 1.54) is 0 Å². The molecular formula is C3H5AgNO+. The van der Waals surface area contributed by atoms with Crippen molar-refractivity contribution in [3.63, 3.8) is 0 Å². The van der Waals surface area contributed by atoms with Crippen molar-refractivity contribution in [2.24, 2.45) is 0 Å². The number of hydrogen-bond donors (Lipinski definition) is 1. The van der Waals surface area contributed by atoms with Gasteiger partial charge in [-0.2, -0.15) is 0 Å². The summed E-state index contributed by atoms with van der Waals surface area (Å²) >= 11 is 0. The fourth-order valence-corrected chi connectivity index (χ4v) is 0.227. The molecule has 0 aliphatic carbocycles. The molecule has 3 heteroatoms. The summed E-state index contributed by atoms with van der Waals surface area (Å²) < 4.78 is 0. The molecule has 0 saturated carbocycles. The Labute approximate surface area is 51.8 Å². The van der Waals surface area contributed by atoms with Gasteiger partial charge in [0.2, 0.25) is 5.91 Å². The molecule has 38 valence electrons. The van der Waals surface area contributed by atoms with Gasteiger partial charge in [0.25, 0.3) is 0 Å². The van der Waals surface area contributed by atoms with E-state index in [1.54, 1.807) is 0 Å². The van der Waals surface area contributed by atoms with E-state index < -0.39 is 0 Å². The molecule has 1 N–H and O–H groups in total. The Hall–Kier alpha value is 0.210. The molecule has 6 heavy (non-hydrogen) atoms. The SMILES string of the molecule is O=C1CCN1.[Ag+]. The van der Waals surface area contributed by atoms with Gasteiger partial charge in [0.05, 0.1) is 0 Å². The standard InChI is InChI=1S/C3H5NO.Ag/c5-3-1-2-4-3;/h1-2H2,(H,4,5);/q;+1. The Morgan fingerprint density at radius 1 is 1.67 bits per heavy atom. The van der Waals surface area contributed by atoms with Crippen LogP contribution in [0.1, 0.15) is 6.42 Å². The zero-order valence-electron chi connectivity index (χ0n) is 3.12. The second-order valence-corrected chi connectivity index (χ2v) is 1.10. The fraction of sp³-hybridized carbons (Fsp3) is 0.667. The normalized spacial score (nSPS) is 17.0. The number of rotatable bonds is 0. The van der Waals surface area contributed by atoms with E-state index in [0.717, 1.165) is 13.0 Å². The van der Waals surface area contributed by atoms with Gasteiger partial charge < -0.3 is 5.32 Å². The van der Waals surface area contributed by atoms with Crippen molar-refractivity contribution >= 4 is 5.91 Å². The van der Waals surface area contributed by atoms with Crippen molar-refractivity contribution in [1.29, 1.82) is 0 Å². The first-order valence-electron chi connectivity index (χ1n) is 1.66. The van der Waals surface area contributed by atoms with Crippen molar-refractivity contribution in [2.75, 3.05) is 6.54 Å². The summed E-state index contributed by atoms with van der Waals surface area (Å²) in [5.74, 6) is 0.185. The average Bonchev–Trinajstić information content (AvgIpc) is 1.30. The maximum absolute atomic E-state index is 9.79. The second-order valence-electron chi connectivity index (χ2n) is 1.10. The van der Waals surface area contributed by atoms with E-state index in [1.807, 2.05) is 0 Å². The maximum atomic E-state index is 9.79. The van der Waals surface area contributed by atoms with Crippen molar-refractivity contribution in [3.8, 4) is 0 Å². The van der Waals surface area contributed by atoms with Crippen LogP contribution >= 0.6 is 0 Å². The van der Waals surface area contributed by atoms with E-state index in [4.69, 9.17) is 0 Å². The Morgan fingerprint density at radius 2 is 2.00 bits per heavy atom. The number of hydrogen-bond acceptors (Lipinski definition) is 1. The van der Waals surface area contributed by atoms with Crippen LogP contribution in [0.5, 0.6) is 0 Å². The van der Waals surface area contributed by atoms with Crippen LogP contribution in [0.25, 0.3) is 0 Å². The Bertz CT molecular complexity index is 57.8. The molecule has 1 rings (SSSR count). The van der Waals surface area contributed by atoms with Crippen LogP contribution < -0.4 is 5.32 Å². The minimum absolute atomic E-state index is 0. The third-order valence-electron chi connectivity index (χ3n) is 0.674. The zero-order chi connectivity index (χ0) is 3.70. The molecule has 1 fully saturated rings. The third kappa shape index (κ3) is 1.13. The predicted molar refractivity (Wildman–Crippen MR) is 17.6 cm³/mol. The first-order valence-corrected chi connectivity index (χ1v) is 1.66. The molecule has 0 bridgehead atoms. The summed E-state index contributed by atoms with van der Waals surface area (Å²) in [5, 5.41) is 2.57. The van der Waals surface area contributed by atoms with Crippen molar-refractivity contribution in [2.45, 2.75) is 6.42 Å². The summed E-state index contributed by atoms with van der Waals surface area (Å²) in [6, 6.07) is 0. The quantitative estimate of drug-likeness (QED) is 0.394. The molecule has 0 radical (unpaired) electrons. The number of β-lactam (4-membered cyclic amide) rings is 1. The molecule has 0 atom stereocenters. The number of amides is 1. The molecular weight excluding hydrogens is 174 g/mol. The first kappa shape index (κ1) is 6.21. The van der Waals surface area contributed by atoms with Gasteiger partial charge in [0.1, 0.15) is 0 Å². The van der Waals surface area contributed by atoms with Gasteiger partial charge in [-0.15, -0.1) is 0 Å². The molecule has 0 aromatic heterocycles. The number of carbonyl (C=O) groups is 1. The van der Waals surface area contributed by atoms with Gasteiger partial charge in [-0.05, 0) is 0 Å². The molecule has 1 heterocycles. The van der Waals surface area contributed by atoms with E-state index in [2.05, 4.69) is 5.32 Å². The van der Waals surface area contributed by atoms with Gasteiger partial charge in [0, 0.05) is 13.0 Å². The molecule has 0 unspecified atom stereocenters. The van der Waals surface area contributed by atoms with Gasteiger partial charge in [0.15, 0.2) is 0 Å². The molecule has 1 aliphatic heterocycles. The minimum atomic E-state index is 0. The largest absolute Gasteiger partial charge is 1.00 e. The van der Waals surface area contributed by atoms with Crippen molar-refractivity contribution in [1.82, 2.24) is 5.32 Å². The second kappa shape index (κ2) is 2.39. The summed E-state index contributed by atoms with van der Waals surface area (Å²) in [7, 11) is 0. The fourth-order valence-electron chi connectivity index (χ4n) is 0.227. The van der Waals surface area contributed by atoms with Crippen LogP contribution in [-0.2, 0) is 27.2 Å². The zero-order valence-corrected chi connectivity index (χ0v) is 4.61. The summed E-state index contributed by atoms with van der Waals surface area (Å²) in [6.45, 7) is 0.888. The topological polar surface area (TPSA) is 29.1 Å². The Balaban J connectivity index is 0.000000250. The Morgan fingerprint density at radius 3 is 2.00 bits per heavy atom. The molecule has 2 nitrogen and oxygen atoms in total. The summed E-state index contributed by atoms with van der Waals surface area (Å²) in [5.41, 5.74) is 0. The van der Waals surface area contributed by atoms with Gasteiger partial charge >= 0.3 is 22.4 Å². The van der Waals surface area contributed by atoms with Crippen LogP contribution in [0.2, 0.25) is 0 Å². The van der Waals surface area contributed by atoms with Crippen LogP contribution in [0.15, 0.2) is 0 Å². The van der Waals surface area contributed by atoms with E-state index in [-0.39, 0.29) is 28.3 Å². The molecule has 1 aliphatic rings. The number of nitrogens with one attached hydrogen (secondary N) is 1. The molecule has 0 spiro atoms. The summed E-state index contributed by atoms with van der Waals surface area (Å²) in [6.07, 6.45) is 0.736. The average molecular weight is 179 g/mol. The van der Waals surface area contributed by atoms with E-state index >= 15 is 0 Å². The van der Waals surface area contributed by atoms with Gasteiger partial charge in [-0.3, -0.25) is 4.79 Å². The number of carbonyl (C=O) groups excluding carboxylic acids is 1. The first-order chi connectivity index (χ1) is 2.39. The summed E-state index contributed by atoms with van der Waals surface area (Å²) in [4.78, 5) is 9.79. The molecule has 0 aromatic rings. The van der Waals surface area contributed by atoms with Crippen LogP contribution in [0.3, 0.4) is 0 Å². The maximum Gasteiger partial charge on any atom is 1.00 e. The minimum Gasteiger partial charge on any atom is -0.356 e. The van der Waals surface area contributed by atoms with Gasteiger partial charge in [-0.1, -0.05) is 0 Å². The predicted octanol–water partition coefficient (Wildman–Crippen LogP) is -0.496. The van der Waals surface area contributed by atoms with E-state index in [9.17, 15) is 4.79 Å². The van der Waals surface area contributed by atoms with Crippen LogP contribution in [-0.4, -0.2) is 12.5 Å². The monoisotopic (exact) mass is 178 g/mol. The molecule has 1 saturated heterocycles. The molecule has 1 amide bonds. The van der Waals surface area contributed by atoms with Crippen molar-refractivity contribution in [3.05, 3.63) is 0 Å². The van der Waals surface area contributed by atoms with E-state index in [0.29, 0.717) is 0 Å². The van der Waals surface area contributed by atoms with Crippen LogP contribution in [0.4, 0.5) is 0 Å². The smallest absolute Gasteiger partial charge is 0.356 e. The van der Waals surface area contributed by atoms with Crippen molar-refractivity contribution < 1.29 is 27.2 Å². The van der Waals surface area contributed by atoms with Crippen LogP contribution in [0, 0.1) is 0 Å². The Kier molecular flexibility index (Phi) is 2.48. The van der Waals surface area contributed by atoms with Gasteiger partial charge in [-0.25, -0.2) is 0 Å². The third-order valence-corrected chi connectivity index (χ3v) is 0.674. The molecule has 0 aromatic carbocycles.